The fourth-order valence-corrected chi connectivity index (χ4v) is 1.84. The second kappa shape index (κ2) is 4.44. The van der Waals surface area contributed by atoms with Gasteiger partial charge in [0.25, 0.3) is 5.91 Å². The molecule has 4 heteroatoms. The van der Waals surface area contributed by atoms with Crippen molar-refractivity contribution < 1.29 is 4.79 Å². The molecule has 1 aliphatic rings. The van der Waals surface area contributed by atoms with Crippen LogP contribution in [-0.2, 0) is 4.79 Å². The van der Waals surface area contributed by atoms with Crippen molar-refractivity contribution >= 4 is 17.6 Å². The SMILES string of the molecule is CC1N=C(NC(C)(C)C)N(c2ccccc2)C1=O. The molecule has 1 aromatic rings. The molecule has 0 saturated carbocycles. The van der Waals surface area contributed by atoms with Gasteiger partial charge in [0.2, 0.25) is 5.96 Å². The number of guanidine groups is 1. The number of carbonyl (C=O) groups is 1. The molecule has 0 saturated heterocycles. The first kappa shape index (κ1) is 12.6. The Morgan fingerprint density at radius 1 is 1.22 bits per heavy atom. The van der Waals surface area contributed by atoms with Gasteiger partial charge in [0.05, 0.1) is 5.69 Å². The number of nitrogens with one attached hydrogen (secondary N) is 1. The Hall–Kier alpha value is -1.84. The van der Waals surface area contributed by atoms with Gasteiger partial charge in [0.1, 0.15) is 6.04 Å². The van der Waals surface area contributed by atoms with Crippen molar-refractivity contribution in [2.24, 2.45) is 4.99 Å². The van der Waals surface area contributed by atoms with Crippen LogP contribution in [0.5, 0.6) is 0 Å². The van der Waals surface area contributed by atoms with Crippen LogP contribution in [0.15, 0.2) is 35.3 Å². The van der Waals surface area contributed by atoms with Crippen LogP contribution in [0.2, 0.25) is 0 Å². The average Bonchev–Trinajstić information content (AvgIpc) is 2.53. The summed E-state index contributed by atoms with van der Waals surface area (Å²) in [5, 5.41) is 3.28. The van der Waals surface area contributed by atoms with Crippen LogP contribution in [0.3, 0.4) is 0 Å². The molecule has 1 aromatic carbocycles. The van der Waals surface area contributed by atoms with Crippen molar-refractivity contribution in [3.05, 3.63) is 30.3 Å². The molecule has 0 fully saturated rings. The van der Waals surface area contributed by atoms with E-state index in [0.717, 1.165) is 5.69 Å². The molecule has 4 nitrogen and oxygen atoms in total. The molecule has 1 atom stereocenters. The first-order valence-corrected chi connectivity index (χ1v) is 6.13. The van der Waals surface area contributed by atoms with Crippen LogP contribution in [0.25, 0.3) is 0 Å². The van der Waals surface area contributed by atoms with Crippen molar-refractivity contribution in [1.29, 1.82) is 0 Å². The average molecular weight is 245 g/mol. The summed E-state index contributed by atoms with van der Waals surface area (Å²) in [5.41, 5.74) is 0.721. The maximum absolute atomic E-state index is 12.2. The molecular formula is C14H19N3O. The third kappa shape index (κ3) is 2.53. The van der Waals surface area contributed by atoms with E-state index in [4.69, 9.17) is 0 Å². The number of hydrogen-bond donors (Lipinski definition) is 1. The minimum atomic E-state index is -0.324. The van der Waals surface area contributed by atoms with Gasteiger partial charge in [-0.1, -0.05) is 18.2 Å². The van der Waals surface area contributed by atoms with E-state index in [2.05, 4.69) is 10.3 Å². The van der Waals surface area contributed by atoms with Crippen molar-refractivity contribution in [1.82, 2.24) is 5.32 Å². The Balaban J connectivity index is 2.33. The fraction of sp³-hybridized carbons (Fsp3) is 0.429. The van der Waals surface area contributed by atoms with Crippen LogP contribution in [0, 0.1) is 0 Å². The van der Waals surface area contributed by atoms with Gasteiger partial charge in [-0.3, -0.25) is 4.79 Å². The Labute approximate surface area is 108 Å². The number of carbonyl (C=O) groups excluding carboxylic acids is 1. The van der Waals surface area contributed by atoms with Crippen molar-refractivity contribution in [2.45, 2.75) is 39.3 Å². The van der Waals surface area contributed by atoms with Crippen molar-refractivity contribution in [3.63, 3.8) is 0 Å². The molecule has 0 aromatic heterocycles. The summed E-state index contributed by atoms with van der Waals surface area (Å²) in [6.45, 7) is 7.96. The number of para-hydroxylation sites is 1. The second-order valence-electron chi connectivity index (χ2n) is 5.51. The van der Waals surface area contributed by atoms with Crippen molar-refractivity contribution in [3.8, 4) is 0 Å². The molecule has 1 N–H and O–H groups in total. The summed E-state index contributed by atoms with van der Waals surface area (Å²) in [6.07, 6.45) is 0. The highest BCUT2D eigenvalue weighted by Crippen LogP contribution is 2.21. The molecule has 96 valence electrons. The van der Waals surface area contributed by atoms with Crippen LogP contribution in [0.1, 0.15) is 27.7 Å². The highest BCUT2D eigenvalue weighted by Gasteiger charge is 2.34. The van der Waals surface area contributed by atoms with Gasteiger partial charge in [-0.2, -0.15) is 0 Å². The summed E-state index contributed by atoms with van der Waals surface area (Å²) >= 11 is 0. The van der Waals surface area contributed by atoms with Gasteiger partial charge in [0.15, 0.2) is 0 Å². The summed E-state index contributed by atoms with van der Waals surface area (Å²) < 4.78 is 0. The normalized spacial score (nSPS) is 20.0. The first-order valence-electron chi connectivity index (χ1n) is 6.13. The van der Waals surface area contributed by atoms with Gasteiger partial charge in [-0.05, 0) is 39.8 Å². The smallest absolute Gasteiger partial charge is 0.258 e. The van der Waals surface area contributed by atoms with Crippen molar-refractivity contribution in [2.75, 3.05) is 4.90 Å². The zero-order valence-corrected chi connectivity index (χ0v) is 11.3. The number of hydrogen-bond acceptors (Lipinski definition) is 3. The van der Waals surface area contributed by atoms with E-state index in [0.29, 0.717) is 5.96 Å². The lowest BCUT2D eigenvalue weighted by Crippen LogP contribution is -2.49. The Kier molecular flexibility index (Phi) is 3.11. The van der Waals surface area contributed by atoms with E-state index in [1.54, 1.807) is 4.90 Å². The second-order valence-corrected chi connectivity index (χ2v) is 5.51. The molecule has 1 aliphatic heterocycles. The predicted octanol–water partition coefficient (Wildman–Crippen LogP) is 2.17. The number of anilines is 1. The molecule has 0 spiro atoms. The zero-order valence-electron chi connectivity index (χ0n) is 11.3. The van der Waals surface area contributed by atoms with E-state index in [-0.39, 0.29) is 17.5 Å². The molecule has 0 radical (unpaired) electrons. The van der Waals surface area contributed by atoms with E-state index in [9.17, 15) is 4.79 Å². The number of amides is 1. The maximum Gasteiger partial charge on any atom is 0.258 e. The maximum atomic E-state index is 12.2. The van der Waals surface area contributed by atoms with Gasteiger partial charge in [-0.25, -0.2) is 9.89 Å². The predicted molar refractivity (Wildman–Crippen MR) is 73.7 cm³/mol. The summed E-state index contributed by atoms with van der Waals surface area (Å²) in [6, 6.07) is 9.27. The first-order chi connectivity index (χ1) is 8.38. The minimum Gasteiger partial charge on any atom is -0.351 e. The van der Waals surface area contributed by atoms with Gasteiger partial charge in [0, 0.05) is 5.54 Å². The number of nitrogens with zero attached hydrogens (tertiary/aromatic N) is 2. The molecular weight excluding hydrogens is 226 g/mol. The van der Waals surface area contributed by atoms with Gasteiger partial charge in [-0.15, -0.1) is 0 Å². The molecule has 1 heterocycles. The largest absolute Gasteiger partial charge is 0.351 e. The molecule has 18 heavy (non-hydrogen) atoms. The fourth-order valence-electron chi connectivity index (χ4n) is 1.84. The highest BCUT2D eigenvalue weighted by atomic mass is 16.2. The molecule has 2 rings (SSSR count). The summed E-state index contributed by atoms with van der Waals surface area (Å²) in [5.74, 6) is 0.638. The zero-order chi connectivity index (χ0) is 13.3. The van der Waals surface area contributed by atoms with E-state index < -0.39 is 0 Å². The van der Waals surface area contributed by atoms with Crippen LogP contribution in [0.4, 0.5) is 5.69 Å². The highest BCUT2D eigenvalue weighted by molar-refractivity contribution is 6.21. The lowest BCUT2D eigenvalue weighted by Gasteiger charge is -2.27. The van der Waals surface area contributed by atoms with Crippen LogP contribution in [-0.4, -0.2) is 23.4 Å². The molecule has 1 amide bonds. The third-order valence-corrected chi connectivity index (χ3v) is 2.61. The molecule has 1 unspecified atom stereocenters. The standard InChI is InChI=1S/C14H19N3O/c1-10-12(18)17(11-8-6-5-7-9-11)13(15-10)16-14(2,3)4/h5-10H,1-4H3,(H,15,16). The van der Waals surface area contributed by atoms with Crippen LogP contribution < -0.4 is 10.2 Å². The number of aliphatic imine (C=N–C) groups is 1. The molecule has 0 bridgehead atoms. The topological polar surface area (TPSA) is 44.7 Å². The Bertz CT molecular complexity index is 474. The number of rotatable bonds is 1. The lowest BCUT2D eigenvalue weighted by molar-refractivity contribution is -0.117. The van der Waals surface area contributed by atoms with Gasteiger partial charge < -0.3 is 5.32 Å². The Morgan fingerprint density at radius 2 is 1.83 bits per heavy atom. The van der Waals surface area contributed by atoms with Crippen LogP contribution >= 0.6 is 0 Å². The minimum absolute atomic E-state index is 0.00736. The van der Waals surface area contributed by atoms with E-state index in [1.165, 1.54) is 0 Å². The Morgan fingerprint density at radius 3 is 2.39 bits per heavy atom. The monoisotopic (exact) mass is 245 g/mol. The quantitative estimate of drug-likeness (QED) is 0.824. The third-order valence-electron chi connectivity index (χ3n) is 2.61. The lowest BCUT2D eigenvalue weighted by atomic mass is 10.1. The van der Waals surface area contributed by atoms with E-state index in [1.807, 2.05) is 58.0 Å². The number of benzene rings is 1. The molecule has 0 aliphatic carbocycles. The summed E-state index contributed by atoms with van der Waals surface area (Å²) in [7, 11) is 0. The van der Waals surface area contributed by atoms with Gasteiger partial charge >= 0.3 is 0 Å². The summed E-state index contributed by atoms with van der Waals surface area (Å²) in [4.78, 5) is 18.2. The van der Waals surface area contributed by atoms with E-state index >= 15 is 0 Å².